The molecule has 7 nitrogen and oxygen atoms in total. The Morgan fingerprint density at radius 3 is 2.67 bits per heavy atom. The first-order valence-corrected chi connectivity index (χ1v) is 6.12. The fourth-order valence-corrected chi connectivity index (χ4v) is 2.02. The molecule has 0 saturated heterocycles. The van der Waals surface area contributed by atoms with Crippen LogP contribution in [0.25, 0.3) is 0 Å². The lowest BCUT2D eigenvalue weighted by molar-refractivity contribution is -0.384. The lowest BCUT2D eigenvalue weighted by atomic mass is 10.1. The molecule has 0 amide bonds. The van der Waals surface area contributed by atoms with Crippen LogP contribution in [-0.2, 0) is 6.54 Å². The number of carboxylic acid groups (broad SMARTS) is 1. The molecule has 1 aromatic heterocycles. The number of aromatic carboxylic acids is 1. The van der Waals surface area contributed by atoms with Gasteiger partial charge in [-0.25, -0.2) is 4.79 Å². The van der Waals surface area contributed by atoms with Crippen LogP contribution < -0.4 is 4.90 Å². The molecule has 0 radical (unpaired) electrons. The second-order valence-corrected chi connectivity index (χ2v) is 4.41. The van der Waals surface area contributed by atoms with Gasteiger partial charge in [-0.1, -0.05) is 12.1 Å². The van der Waals surface area contributed by atoms with Gasteiger partial charge in [-0.05, 0) is 24.3 Å². The zero-order valence-electron chi connectivity index (χ0n) is 11.3. The zero-order chi connectivity index (χ0) is 15.4. The smallest absolute Gasteiger partial charge is 0.342 e. The van der Waals surface area contributed by atoms with Gasteiger partial charge in [0.05, 0.1) is 17.2 Å². The molecule has 1 N–H and O–H groups in total. The molecule has 0 aliphatic carbocycles. The Hall–Kier alpha value is -2.96. The number of hydrogen-bond acceptors (Lipinski definition) is 5. The van der Waals surface area contributed by atoms with Crippen molar-refractivity contribution in [2.24, 2.45) is 0 Å². The van der Waals surface area contributed by atoms with E-state index in [0.717, 1.165) is 5.69 Å². The van der Waals surface area contributed by atoms with E-state index in [0.29, 0.717) is 6.54 Å². The number of anilines is 1. The van der Waals surface area contributed by atoms with Crippen molar-refractivity contribution in [1.82, 2.24) is 4.98 Å². The van der Waals surface area contributed by atoms with Crippen LogP contribution in [0.4, 0.5) is 11.4 Å². The Morgan fingerprint density at radius 1 is 1.33 bits per heavy atom. The second-order valence-electron chi connectivity index (χ2n) is 4.41. The Bertz CT molecular complexity index is 673. The Balaban J connectivity index is 2.41. The molecule has 1 aromatic carbocycles. The normalized spacial score (nSPS) is 10.1. The number of nitro groups is 1. The van der Waals surface area contributed by atoms with Gasteiger partial charge in [0.25, 0.3) is 0 Å². The summed E-state index contributed by atoms with van der Waals surface area (Å²) in [6.07, 6.45) is 1.63. The van der Waals surface area contributed by atoms with Crippen molar-refractivity contribution in [2.75, 3.05) is 11.9 Å². The highest BCUT2D eigenvalue weighted by Crippen LogP contribution is 2.31. The lowest BCUT2D eigenvalue weighted by Crippen LogP contribution is -2.19. The van der Waals surface area contributed by atoms with Gasteiger partial charge in [0.2, 0.25) is 0 Å². The fraction of sp³-hybridized carbons (Fsp3) is 0.143. The van der Waals surface area contributed by atoms with E-state index in [1.807, 2.05) is 6.07 Å². The third-order valence-corrected chi connectivity index (χ3v) is 2.96. The van der Waals surface area contributed by atoms with Crippen molar-refractivity contribution in [3.8, 4) is 0 Å². The number of carboxylic acids is 1. The van der Waals surface area contributed by atoms with Gasteiger partial charge in [-0.2, -0.15) is 0 Å². The topological polar surface area (TPSA) is 96.6 Å². The summed E-state index contributed by atoms with van der Waals surface area (Å²) in [5, 5.41) is 20.3. The molecule has 108 valence electrons. The molecule has 2 aromatic rings. The van der Waals surface area contributed by atoms with Crippen molar-refractivity contribution in [2.45, 2.75) is 6.54 Å². The number of benzene rings is 1. The van der Waals surface area contributed by atoms with E-state index in [1.54, 1.807) is 30.3 Å². The first-order valence-electron chi connectivity index (χ1n) is 6.12. The van der Waals surface area contributed by atoms with Crippen LogP contribution >= 0.6 is 0 Å². The quantitative estimate of drug-likeness (QED) is 0.669. The van der Waals surface area contributed by atoms with Crippen molar-refractivity contribution in [3.63, 3.8) is 0 Å². The van der Waals surface area contributed by atoms with Gasteiger partial charge in [-0.15, -0.1) is 0 Å². The maximum Gasteiger partial charge on any atom is 0.342 e. The van der Waals surface area contributed by atoms with Crippen LogP contribution in [0.1, 0.15) is 16.1 Å². The number of pyridine rings is 1. The van der Waals surface area contributed by atoms with E-state index >= 15 is 0 Å². The first-order chi connectivity index (χ1) is 10.0. The molecule has 0 fully saturated rings. The molecular weight excluding hydrogens is 274 g/mol. The standard InChI is InChI=1S/C14H13N3O4/c1-16(9-10-5-2-3-8-15-10)12-7-4-6-11(14(18)19)13(12)17(20)21/h2-8H,9H2,1H3,(H,18,19). The van der Waals surface area contributed by atoms with E-state index < -0.39 is 16.6 Å². The maximum absolute atomic E-state index is 11.2. The van der Waals surface area contributed by atoms with Gasteiger partial charge >= 0.3 is 11.7 Å². The number of aromatic nitrogens is 1. The number of carbonyl (C=O) groups is 1. The third-order valence-electron chi connectivity index (χ3n) is 2.96. The summed E-state index contributed by atoms with van der Waals surface area (Å²) in [6.45, 7) is 0.338. The largest absolute Gasteiger partial charge is 0.477 e. The van der Waals surface area contributed by atoms with Crippen LogP contribution in [-0.4, -0.2) is 28.0 Å². The van der Waals surface area contributed by atoms with Crippen LogP contribution in [0.2, 0.25) is 0 Å². The average Bonchev–Trinajstić information content (AvgIpc) is 2.47. The van der Waals surface area contributed by atoms with Crippen LogP contribution in [0.3, 0.4) is 0 Å². The molecule has 0 bridgehead atoms. The number of para-hydroxylation sites is 1. The zero-order valence-corrected chi connectivity index (χ0v) is 11.3. The number of nitrogens with zero attached hydrogens (tertiary/aromatic N) is 3. The molecule has 0 unspecified atom stereocenters. The van der Waals surface area contributed by atoms with Gasteiger partial charge < -0.3 is 10.0 Å². The van der Waals surface area contributed by atoms with Gasteiger partial charge in [-0.3, -0.25) is 15.1 Å². The first kappa shape index (κ1) is 14.4. The third kappa shape index (κ3) is 3.14. The highest BCUT2D eigenvalue weighted by atomic mass is 16.6. The van der Waals surface area contributed by atoms with E-state index in [9.17, 15) is 14.9 Å². The summed E-state index contributed by atoms with van der Waals surface area (Å²) in [6, 6.07) is 9.62. The highest BCUT2D eigenvalue weighted by Gasteiger charge is 2.26. The van der Waals surface area contributed by atoms with E-state index in [2.05, 4.69) is 4.98 Å². The molecule has 0 aliphatic rings. The summed E-state index contributed by atoms with van der Waals surface area (Å²) >= 11 is 0. The van der Waals surface area contributed by atoms with Crippen LogP contribution in [0.15, 0.2) is 42.6 Å². The Kier molecular flexibility index (Phi) is 4.13. The number of rotatable bonds is 5. The minimum absolute atomic E-state index is 0.241. The number of hydrogen-bond donors (Lipinski definition) is 1. The van der Waals surface area contributed by atoms with E-state index in [4.69, 9.17) is 5.11 Å². The van der Waals surface area contributed by atoms with Crippen molar-refractivity contribution >= 4 is 17.3 Å². The predicted octanol–water partition coefficient (Wildman–Crippen LogP) is 2.32. The minimum atomic E-state index is -1.32. The predicted molar refractivity (Wildman–Crippen MR) is 76.4 cm³/mol. The summed E-state index contributed by atoms with van der Waals surface area (Å²) < 4.78 is 0. The maximum atomic E-state index is 11.2. The van der Waals surface area contributed by atoms with Gasteiger partial charge in [0.15, 0.2) is 0 Å². The summed E-state index contributed by atoms with van der Waals surface area (Å²) in [5.74, 6) is -1.32. The highest BCUT2D eigenvalue weighted by molar-refractivity contribution is 5.95. The molecule has 0 atom stereocenters. The molecule has 0 spiro atoms. The average molecular weight is 287 g/mol. The Morgan fingerprint density at radius 2 is 2.10 bits per heavy atom. The van der Waals surface area contributed by atoms with Crippen LogP contribution in [0.5, 0.6) is 0 Å². The van der Waals surface area contributed by atoms with Crippen LogP contribution in [0, 0.1) is 10.1 Å². The summed E-state index contributed by atoms with van der Waals surface area (Å²) in [5.41, 5.74) is 0.231. The molecule has 2 rings (SSSR count). The van der Waals surface area contributed by atoms with Crippen molar-refractivity contribution in [3.05, 3.63) is 64.0 Å². The van der Waals surface area contributed by atoms with E-state index in [1.165, 1.54) is 18.2 Å². The number of nitro benzene ring substituents is 1. The molecule has 1 heterocycles. The monoisotopic (exact) mass is 287 g/mol. The minimum Gasteiger partial charge on any atom is -0.477 e. The lowest BCUT2D eigenvalue weighted by Gasteiger charge is -2.19. The molecule has 7 heteroatoms. The molecular formula is C14H13N3O4. The van der Waals surface area contributed by atoms with E-state index in [-0.39, 0.29) is 11.3 Å². The second kappa shape index (κ2) is 6.00. The molecule has 0 aliphatic heterocycles. The van der Waals surface area contributed by atoms with Gasteiger partial charge in [0, 0.05) is 13.2 Å². The summed E-state index contributed by atoms with van der Waals surface area (Å²) in [4.78, 5) is 27.4. The summed E-state index contributed by atoms with van der Waals surface area (Å²) in [7, 11) is 1.66. The SMILES string of the molecule is CN(Cc1ccccn1)c1cccc(C(=O)O)c1[N+](=O)[O-]. The van der Waals surface area contributed by atoms with Crippen molar-refractivity contribution < 1.29 is 14.8 Å². The fourth-order valence-electron chi connectivity index (χ4n) is 2.02. The molecule has 21 heavy (non-hydrogen) atoms. The van der Waals surface area contributed by atoms with Gasteiger partial charge in [0.1, 0.15) is 11.3 Å². The Labute approximate surface area is 120 Å². The molecule has 0 saturated carbocycles. The van der Waals surface area contributed by atoms with Crippen molar-refractivity contribution in [1.29, 1.82) is 0 Å².